The molecule has 0 saturated heterocycles. The van der Waals surface area contributed by atoms with Gasteiger partial charge in [0.1, 0.15) is 13.2 Å². The lowest BCUT2D eigenvalue weighted by Gasteiger charge is -2.28. The van der Waals surface area contributed by atoms with E-state index in [1.807, 2.05) is 21.1 Å². The molecular weight excluding hydrogens is 389 g/mol. The number of rotatable bonds is 17. The fourth-order valence-electron chi connectivity index (χ4n) is 2.14. The maximum atomic E-state index is 11.8. The first kappa shape index (κ1) is 27.3. The molecule has 2 atom stereocenters. The molecule has 0 amide bonds. The van der Waals surface area contributed by atoms with Crippen molar-refractivity contribution in [3.8, 4) is 0 Å². The summed E-state index contributed by atoms with van der Waals surface area (Å²) in [7, 11) is 2.43. The lowest BCUT2D eigenvalue weighted by atomic mass is 10.1. The van der Waals surface area contributed by atoms with Crippen LogP contribution >= 0.6 is 7.82 Å². The molecule has 0 spiro atoms. The number of carbonyl (C=O) groups excluding carboxylic acids is 1. The maximum absolute atomic E-state index is 11.8. The zero-order chi connectivity index (χ0) is 21.5. The van der Waals surface area contributed by atoms with Crippen molar-refractivity contribution in [1.29, 1.82) is 0 Å². The molecule has 0 heterocycles. The van der Waals surface area contributed by atoms with Crippen LogP contribution < -0.4 is 4.89 Å². The number of hydrogen-bond donors (Lipinski definition) is 0. The topological polar surface area (TPSA) is 103 Å². The molecule has 0 fully saturated rings. The van der Waals surface area contributed by atoms with Crippen molar-refractivity contribution in [1.82, 2.24) is 0 Å². The Morgan fingerprint density at radius 1 is 1.00 bits per heavy atom. The van der Waals surface area contributed by atoms with Crippen LogP contribution in [0.2, 0.25) is 0 Å². The Kier molecular flexibility index (Phi) is 14.8. The average Bonchev–Trinajstić information content (AvgIpc) is 2.60. The van der Waals surface area contributed by atoms with E-state index in [1.165, 1.54) is 26.4 Å². The zero-order valence-corrected chi connectivity index (χ0v) is 18.9. The lowest BCUT2D eigenvalue weighted by Crippen LogP contribution is -2.37. The first-order chi connectivity index (χ1) is 13.1. The van der Waals surface area contributed by atoms with E-state index in [0.29, 0.717) is 17.6 Å². The van der Waals surface area contributed by atoms with Crippen molar-refractivity contribution in [2.45, 2.75) is 51.6 Å². The Hall–Kier alpha value is -0.700. The predicted molar refractivity (Wildman–Crippen MR) is 104 cm³/mol. The summed E-state index contributed by atoms with van der Waals surface area (Å²) in [5, 5.41) is 0. The molecule has 0 saturated carbocycles. The van der Waals surface area contributed by atoms with Crippen LogP contribution in [0.3, 0.4) is 0 Å². The third-order valence-corrected chi connectivity index (χ3v) is 4.77. The van der Waals surface area contributed by atoms with E-state index in [-0.39, 0.29) is 13.2 Å². The van der Waals surface area contributed by atoms with E-state index >= 15 is 0 Å². The van der Waals surface area contributed by atoms with Crippen molar-refractivity contribution >= 4 is 14.0 Å². The van der Waals surface area contributed by atoms with Gasteiger partial charge in [0.05, 0.1) is 41.5 Å². The minimum atomic E-state index is -4.49. The molecule has 0 N–H and O–H groups in total. The fraction of sp³-hybridized carbons (Fsp3) is 0.944. The average molecular weight is 427 g/mol. The molecule has 0 aromatic carbocycles. The number of carbonyl (C=O) groups is 1. The highest BCUT2D eigenvalue weighted by Gasteiger charge is 2.20. The molecule has 0 bridgehead atoms. The maximum Gasteiger partial charge on any atom is 0.508 e. The number of phosphoric acid groups is 1. The van der Waals surface area contributed by atoms with Crippen LogP contribution in [0, 0.1) is 0 Å². The zero-order valence-electron chi connectivity index (χ0n) is 18.0. The van der Waals surface area contributed by atoms with Gasteiger partial charge in [-0.2, -0.15) is 0 Å². The van der Waals surface area contributed by atoms with Crippen LogP contribution in [0.5, 0.6) is 0 Å². The summed E-state index contributed by atoms with van der Waals surface area (Å²) in [6, 6.07) is 0. The number of ether oxygens (including phenoxy) is 3. The largest absolute Gasteiger partial charge is 0.756 e. The van der Waals surface area contributed by atoms with E-state index in [2.05, 4.69) is 11.7 Å². The Morgan fingerprint density at radius 2 is 1.64 bits per heavy atom. The monoisotopic (exact) mass is 427 g/mol. The summed E-state index contributed by atoms with van der Waals surface area (Å²) in [5.41, 5.74) is 0. The van der Waals surface area contributed by atoms with Crippen molar-refractivity contribution in [2.75, 3.05) is 61.2 Å². The van der Waals surface area contributed by atoms with Crippen LogP contribution in [0.15, 0.2) is 0 Å². The summed E-state index contributed by atoms with van der Waals surface area (Å²) in [6.45, 7) is 2.80. The Morgan fingerprint density at radius 3 is 2.25 bits per heavy atom. The SMILES string of the molecule is CCCCCCCCOCC(COP(=O)([O-])OCC[N+](C)(C)C)OC(=O)OC. The molecule has 0 aliphatic carbocycles. The number of nitrogens with zero attached hydrogens (tertiary/aromatic N) is 1. The summed E-state index contributed by atoms with van der Waals surface area (Å²) in [4.78, 5) is 23.2. The molecule has 0 aliphatic rings. The van der Waals surface area contributed by atoms with Crippen molar-refractivity contribution in [2.24, 2.45) is 0 Å². The summed E-state index contributed by atoms with van der Waals surface area (Å²) in [6.07, 6.45) is 4.93. The van der Waals surface area contributed by atoms with E-state index in [1.54, 1.807) is 0 Å². The van der Waals surface area contributed by atoms with Gasteiger partial charge in [-0.25, -0.2) is 4.79 Å². The number of hydrogen-bond acceptors (Lipinski definition) is 8. The van der Waals surface area contributed by atoms with E-state index in [4.69, 9.17) is 18.5 Å². The fourth-order valence-corrected chi connectivity index (χ4v) is 2.87. The Bertz CT molecular complexity index is 455. The highest BCUT2D eigenvalue weighted by molar-refractivity contribution is 7.45. The number of quaternary nitrogens is 1. The van der Waals surface area contributed by atoms with Gasteiger partial charge in [0.25, 0.3) is 7.82 Å². The first-order valence-corrected chi connectivity index (χ1v) is 11.3. The Labute approximate surface area is 169 Å². The van der Waals surface area contributed by atoms with Gasteiger partial charge in [-0.05, 0) is 6.42 Å². The van der Waals surface area contributed by atoms with Crippen LogP contribution in [0.1, 0.15) is 45.4 Å². The van der Waals surface area contributed by atoms with Gasteiger partial charge < -0.3 is 32.6 Å². The number of methoxy groups -OCH3 is 1. The minimum Gasteiger partial charge on any atom is -0.756 e. The van der Waals surface area contributed by atoms with Gasteiger partial charge in [0, 0.05) is 6.61 Å². The van der Waals surface area contributed by atoms with Gasteiger partial charge >= 0.3 is 6.16 Å². The molecule has 9 nitrogen and oxygen atoms in total. The van der Waals surface area contributed by atoms with Gasteiger partial charge in [-0.3, -0.25) is 4.57 Å². The normalized spacial score (nSPS) is 15.1. The Balaban J connectivity index is 4.22. The molecule has 0 rings (SSSR count). The molecule has 0 aliphatic heterocycles. The molecule has 0 aromatic heterocycles. The van der Waals surface area contributed by atoms with E-state index in [0.717, 1.165) is 19.3 Å². The second kappa shape index (κ2) is 15.2. The smallest absolute Gasteiger partial charge is 0.508 e. The van der Waals surface area contributed by atoms with Crippen molar-refractivity contribution in [3.05, 3.63) is 0 Å². The highest BCUT2D eigenvalue weighted by Crippen LogP contribution is 2.38. The van der Waals surface area contributed by atoms with Crippen LogP contribution in [0.25, 0.3) is 0 Å². The van der Waals surface area contributed by atoms with Crippen LogP contribution in [-0.4, -0.2) is 78.0 Å². The van der Waals surface area contributed by atoms with Crippen LogP contribution in [-0.2, 0) is 27.8 Å². The van der Waals surface area contributed by atoms with Crippen LogP contribution in [0.4, 0.5) is 4.79 Å². The summed E-state index contributed by atoms with van der Waals surface area (Å²) in [5.74, 6) is 0. The third-order valence-electron chi connectivity index (χ3n) is 3.81. The van der Waals surface area contributed by atoms with Crippen molar-refractivity contribution in [3.63, 3.8) is 0 Å². The van der Waals surface area contributed by atoms with Gasteiger partial charge in [0.15, 0.2) is 6.10 Å². The molecule has 2 unspecified atom stereocenters. The molecule has 0 aromatic rings. The molecule has 0 radical (unpaired) electrons. The molecule has 10 heteroatoms. The van der Waals surface area contributed by atoms with Crippen molar-refractivity contribution < 1.29 is 42.0 Å². The molecule has 28 heavy (non-hydrogen) atoms. The minimum absolute atomic E-state index is 0.00132. The molecule has 168 valence electrons. The van der Waals surface area contributed by atoms with E-state index < -0.39 is 26.7 Å². The predicted octanol–water partition coefficient (Wildman–Crippen LogP) is 2.72. The second-order valence-corrected chi connectivity index (χ2v) is 9.04. The lowest BCUT2D eigenvalue weighted by molar-refractivity contribution is -0.870. The number of unbranched alkanes of at least 4 members (excludes halogenated alkanes) is 5. The first-order valence-electron chi connectivity index (χ1n) is 9.82. The van der Waals surface area contributed by atoms with Gasteiger partial charge in [-0.15, -0.1) is 0 Å². The summed E-state index contributed by atoms with van der Waals surface area (Å²) >= 11 is 0. The quantitative estimate of drug-likeness (QED) is 0.151. The number of phosphoric ester groups is 1. The second-order valence-electron chi connectivity index (χ2n) is 7.63. The number of likely N-dealkylation sites (N-methyl/N-ethyl adjacent to an activating group) is 1. The molecular formula is C18H38NO8P. The highest BCUT2D eigenvalue weighted by atomic mass is 31.2. The van der Waals surface area contributed by atoms with Gasteiger partial charge in [-0.1, -0.05) is 39.0 Å². The third kappa shape index (κ3) is 17.4. The van der Waals surface area contributed by atoms with E-state index in [9.17, 15) is 14.3 Å². The van der Waals surface area contributed by atoms with Gasteiger partial charge in [0.2, 0.25) is 0 Å². The summed E-state index contributed by atoms with van der Waals surface area (Å²) < 4.78 is 37.0. The standard InChI is InChI=1S/C18H38NO8P/c1-6-7-8-9-10-11-13-24-15-17(27-18(20)23-5)16-26-28(21,22)25-14-12-19(2,3)4/h17H,6-16H2,1-5H3.